The number of imide groups is 1. The molecule has 0 spiro atoms. The fourth-order valence-corrected chi connectivity index (χ4v) is 2.62. The van der Waals surface area contributed by atoms with Gasteiger partial charge in [-0.05, 0) is 37.5 Å². The summed E-state index contributed by atoms with van der Waals surface area (Å²) in [5, 5.41) is 0. The predicted octanol–water partition coefficient (Wildman–Crippen LogP) is 2.05. The molecule has 1 aromatic rings. The number of carbonyl (C=O) groups excluding carboxylic acids is 2. The number of carbonyl (C=O) groups is 2. The minimum Gasteiger partial charge on any atom is -0.399 e. The molecule has 2 N–H and O–H groups in total. The monoisotopic (exact) mass is 244 g/mol. The van der Waals surface area contributed by atoms with Crippen molar-refractivity contribution in [1.29, 1.82) is 0 Å². The highest BCUT2D eigenvalue weighted by Crippen LogP contribution is 2.36. The van der Waals surface area contributed by atoms with E-state index in [2.05, 4.69) is 0 Å². The number of anilines is 1. The van der Waals surface area contributed by atoms with Crippen LogP contribution in [0.3, 0.4) is 0 Å². The molecule has 0 radical (unpaired) electrons. The van der Waals surface area contributed by atoms with Gasteiger partial charge < -0.3 is 5.73 Å². The lowest BCUT2D eigenvalue weighted by Gasteiger charge is -2.22. The van der Waals surface area contributed by atoms with Gasteiger partial charge in [-0.15, -0.1) is 0 Å². The zero-order valence-corrected chi connectivity index (χ0v) is 10.3. The predicted molar refractivity (Wildman–Crippen MR) is 68.2 cm³/mol. The van der Waals surface area contributed by atoms with Crippen LogP contribution in [0, 0.1) is 5.92 Å². The van der Waals surface area contributed by atoms with Gasteiger partial charge in [-0.25, -0.2) is 0 Å². The van der Waals surface area contributed by atoms with E-state index in [1.54, 1.807) is 18.2 Å². The van der Waals surface area contributed by atoms with Gasteiger partial charge >= 0.3 is 0 Å². The van der Waals surface area contributed by atoms with Crippen LogP contribution in [0.15, 0.2) is 18.2 Å². The third-order valence-electron chi connectivity index (χ3n) is 3.75. The Labute approximate surface area is 106 Å². The normalized spacial score (nSPS) is 20.2. The minimum absolute atomic E-state index is 0.0221. The Morgan fingerprint density at radius 1 is 1.28 bits per heavy atom. The van der Waals surface area contributed by atoms with Crippen LogP contribution in [0.5, 0.6) is 0 Å². The molecule has 4 nitrogen and oxygen atoms in total. The van der Waals surface area contributed by atoms with E-state index in [0.717, 1.165) is 6.42 Å². The third-order valence-corrected chi connectivity index (χ3v) is 3.75. The van der Waals surface area contributed by atoms with Crippen molar-refractivity contribution in [2.75, 3.05) is 5.73 Å². The molecule has 2 aliphatic rings. The first-order valence-electron chi connectivity index (χ1n) is 6.35. The van der Waals surface area contributed by atoms with Gasteiger partial charge in [-0.3, -0.25) is 14.5 Å². The van der Waals surface area contributed by atoms with Gasteiger partial charge in [0, 0.05) is 11.7 Å². The van der Waals surface area contributed by atoms with Crippen LogP contribution >= 0.6 is 0 Å². The fourth-order valence-electron chi connectivity index (χ4n) is 2.62. The van der Waals surface area contributed by atoms with Crippen LogP contribution < -0.4 is 5.73 Å². The van der Waals surface area contributed by atoms with E-state index < -0.39 is 0 Å². The molecular formula is C14H16N2O2. The average Bonchev–Trinajstić information content (AvgIpc) is 3.08. The molecule has 1 saturated carbocycles. The first-order chi connectivity index (χ1) is 8.58. The van der Waals surface area contributed by atoms with E-state index in [1.807, 2.05) is 6.92 Å². The first kappa shape index (κ1) is 11.3. The number of amides is 2. The highest BCUT2D eigenvalue weighted by atomic mass is 16.2. The van der Waals surface area contributed by atoms with Crippen molar-refractivity contribution in [1.82, 2.24) is 4.90 Å². The van der Waals surface area contributed by atoms with Gasteiger partial charge in [-0.1, -0.05) is 12.8 Å². The standard InChI is InChI=1S/C14H16N2O2/c1-8(6-9-2-3-9)16-13(17)11-5-4-10(15)7-12(11)14(16)18/h4-5,7-9H,2-3,6,15H2,1H3. The molecule has 0 aromatic heterocycles. The van der Waals surface area contributed by atoms with Crippen LogP contribution in [0.2, 0.25) is 0 Å². The summed E-state index contributed by atoms with van der Waals surface area (Å²) >= 11 is 0. The zero-order chi connectivity index (χ0) is 12.9. The van der Waals surface area contributed by atoms with E-state index in [4.69, 9.17) is 5.73 Å². The molecule has 18 heavy (non-hydrogen) atoms. The number of nitrogens with zero attached hydrogens (tertiary/aromatic N) is 1. The van der Waals surface area contributed by atoms with Crippen molar-refractivity contribution < 1.29 is 9.59 Å². The van der Waals surface area contributed by atoms with Crippen LogP contribution in [-0.4, -0.2) is 22.8 Å². The summed E-state index contributed by atoms with van der Waals surface area (Å²) in [6.07, 6.45) is 3.36. The quantitative estimate of drug-likeness (QED) is 0.653. The van der Waals surface area contributed by atoms with E-state index in [9.17, 15) is 9.59 Å². The topological polar surface area (TPSA) is 63.4 Å². The van der Waals surface area contributed by atoms with Crippen molar-refractivity contribution in [3.63, 3.8) is 0 Å². The highest BCUT2D eigenvalue weighted by molar-refractivity contribution is 6.21. The Balaban J connectivity index is 1.90. The van der Waals surface area contributed by atoms with Gasteiger partial charge in [0.1, 0.15) is 0 Å². The molecule has 0 bridgehead atoms. The summed E-state index contributed by atoms with van der Waals surface area (Å²) in [6, 6.07) is 4.89. The number of nitrogens with two attached hydrogens (primary N) is 1. The van der Waals surface area contributed by atoms with Crippen molar-refractivity contribution in [3.8, 4) is 0 Å². The second-order valence-corrected chi connectivity index (χ2v) is 5.31. The second kappa shape index (κ2) is 3.83. The van der Waals surface area contributed by atoms with Crippen LogP contribution in [-0.2, 0) is 0 Å². The minimum atomic E-state index is -0.199. The van der Waals surface area contributed by atoms with Gasteiger partial charge in [0.15, 0.2) is 0 Å². The van der Waals surface area contributed by atoms with E-state index in [-0.39, 0.29) is 17.9 Å². The Kier molecular flexibility index (Phi) is 2.40. The number of benzene rings is 1. The maximum Gasteiger partial charge on any atom is 0.261 e. The Hall–Kier alpha value is -1.84. The number of fused-ring (bicyclic) bond motifs is 1. The Morgan fingerprint density at radius 3 is 2.61 bits per heavy atom. The lowest BCUT2D eigenvalue weighted by molar-refractivity contribution is 0.0586. The smallest absolute Gasteiger partial charge is 0.261 e. The van der Waals surface area contributed by atoms with Crippen LogP contribution in [0.4, 0.5) is 5.69 Å². The summed E-state index contributed by atoms with van der Waals surface area (Å²) in [5.41, 5.74) is 7.12. The van der Waals surface area contributed by atoms with Gasteiger partial charge in [0.2, 0.25) is 0 Å². The zero-order valence-electron chi connectivity index (χ0n) is 10.3. The lowest BCUT2D eigenvalue weighted by atomic mass is 10.1. The molecule has 94 valence electrons. The van der Waals surface area contributed by atoms with Gasteiger partial charge in [-0.2, -0.15) is 0 Å². The molecule has 1 heterocycles. The van der Waals surface area contributed by atoms with Crippen molar-refractivity contribution in [2.45, 2.75) is 32.2 Å². The van der Waals surface area contributed by atoms with E-state index in [1.165, 1.54) is 17.7 Å². The summed E-state index contributed by atoms with van der Waals surface area (Å²) in [6.45, 7) is 1.95. The first-order valence-corrected chi connectivity index (χ1v) is 6.35. The molecule has 1 fully saturated rings. The van der Waals surface area contributed by atoms with Crippen LogP contribution in [0.1, 0.15) is 46.9 Å². The molecular weight excluding hydrogens is 228 g/mol. The Bertz CT molecular complexity index is 535. The number of hydrogen-bond donors (Lipinski definition) is 1. The highest BCUT2D eigenvalue weighted by Gasteiger charge is 2.39. The molecule has 1 unspecified atom stereocenters. The third kappa shape index (κ3) is 1.68. The van der Waals surface area contributed by atoms with Crippen LogP contribution in [0.25, 0.3) is 0 Å². The lowest BCUT2D eigenvalue weighted by Crippen LogP contribution is -2.38. The molecule has 4 heteroatoms. The molecule has 1 atom stereocenters. The molecule has 1 aromatic carbocycles. The summed E-state index contributed by atoms with van der Waals surface area (Å²) < 4.78 is 0. The maximum atomic E-state index is 12.3. The largest absolute Gasteiger partial charge is 0.399 e. The summed E-state index contributed by atoms with van der Waals surface area (Å²) in [7, 11) is 0. The molecule has 2 amide bonds. The van der Waals surface area contributed by atoms with E-state index >= 15 is 0 Å². The summed E-state index contributed by atoms with van der Waals surface area (Å²) in [4.78, 5) is 25.9. The van der Waals surface area contributed by atoms with Gasteiger partial charge in [0.25, 0.3) is 11.8 Å². The molecule has 3 rings (SSSR count). The number of rotatable bonds is 3. The van der Waals surface area contributed by atoms with Gasteiger partial charge in [0.05, 0.1) is 11.1 Å². The second-order valence-electron chi connectivity index (χ2n) is 5.31. The maximum absolute atomic E-state index is 12.3. The molecule has 1 aliphatic heterocycles. The SMILES string of the molecule is CC(CC1CC1)N1C(=O)c2ccc(N)cc2C1=O. The number of hydrogen-bond acceptors (Lipinski definition) is 3. The van der Waals surface area contributed by atoms with Crippen molar-refractivity contribution >= 4 is 17.5 Å². The van der Waals surface area contributed by atoms with Crippen molar-refractivity contribution in [3.05, 3.63) is 29.3 Å². The van der Waals surface area contributed by atoms with Crippen molar-refractivity contribution in [2.24, 2.45) is 5.92 Å². The molecule has 0 saturated heterocycles. The number of nitrogen functional groups attached to an aromatic ring is 1. The van der Waals surface area contributed by atoms with E-state index in [0.29, 0.717) is 22.7 Å². The fraction of sp³-hybridized carbons (Fsp3) is 0.429. The Morgan fingerprint density at radius 2 is 1.94 bits per heavy atom. The average molecular weight is 244 g/mol. The summed E-state index contributed by atoms with van der Waals surface area (Å²) in [5.74, 6) is 0.313. The molecule has 1 aliphatic carbocycles.